The summed E-state index contributed by atoms with van der Waals surface area (Å²) in [4.78, 5) is 29.9. The SMILES string of the molecule is C[C@@H](COc1ccnc2c1[C@H](C)CCC2)C[C@H]1Cc2ccc(OCC3(C(N)=O)CCC3)cc2C12CCC(Nc1cccc(Cl)c1)(C(=O)O)CC2. The van der Waals surface area contributed by atoms with Crippen LogP contribution in [0.2, 0.25) is 5.02 Å². The van der Waals surface area contributed by atoms with Crippen molar-refractivity contribution >= 4 is 29.2 Å². The zero-order valence-corrected chi connectivity index (χ0v) is 30.1. The summed E-state index contributed by atoms with van der Waals surface area (Å²) in [5, 5.41) is 14.6. The van der Waals surface area contributed by atoms with Crippen LogP contribution in [-0.4, -0.2) is 40.7 Å². The third-order valence-electron chi connectivity index (χ3n) is 12.6. The molecule has 1 spiro atoms. The summed E-state index contributed by atoms with van der Waals surface area (Å²) in [7, 11) is 0. The second-order valence-corrected chi connectivity index (χ2v) is 16.2. The van der Waals surface area contributed by atoms with E-state index in [9.17, 15) is 14.7 Å². The molecule has 0 aliphatic heterocycles. The molecule has 7 rings (SSSR count). The van der Waals surface area contributed by atoms with Crippen molar-refractivity contribution in [1.29, 1.82) is 0 Å². The van der Waals surface area contributed by atoms with E-state index < -0.39 is 16.9 Å². The molecule has 8 nitrogen and oxygen atoms in total. The number of nitrogens with two attached hydrogens (primary N) is 1. The van der Waals surface area contributed by atoms with Gasteiger partial charge in [-0.05, 0) is 141 Å². The van der Waals surface area contributed by atoms with Gasteiger partial charge >= 0.3 is 5.97 Å². The number of carboxylic acids is 1. The highest BCUT2D eigenvalue weighted by molar-refractivity contribution is 6.30. The molecule has 0 saturated heterocycles. The van der Waals surface area contributed by atoms with Crippen LogP contribution >= 0.6 is 11.6 Å². The van der Waals surface area contributed by atoms with Crippen LogP contribution in [0.25, 0.3) is 0 Å². The van der Waals surface area contributed by atoms with Crippen molar-refractivity contribution in [1.82, 2.24) is 4.98 Å². The van der Waals surface area contributed by atoms with Crippen molar-refractivity contribution in [3.63, 3.8) is 0 Å². The topological polar surface area (TPSA) is 124 Å². The normalized spacial score (nSPS) is 27.0. The Bertz CT molecular complexity index is 1750. The Morgan fingerprint density at radius 3 is 2.56 bits per heavy atom. The molecule has 0 unspecified atom stereocenters. The fourth-order valence-electron chi connectivity index (χ4n) is 9.45. The van der Waals surface area contributed by atoms with Gasteiger partial charge in [-0.1, -0.05) is 44.0 Å². The number of nitrogens with one attached hydrogen (secondary N) is 1. The molecule has 0 radical (unpaired) electrons. The quantitative estimate of drug-likeness (QED) is 0.174. The van der Waals surface area contributed by atoms with Crippen molar-refractivity contribution in [2.45, 2.75) is 108 Å². The number of aliphatic carboxylic acids is 1. The van der Waals surface area contributed by atoms with E-state index >= 15 is 0 Å². The van der Waals surface area contributed by atoms with Crippen LogP contribution in [-0.2, 0) is 27.8 Å². The Labute approximate surface area is 300 Å². The lowest BCUT2D eigenvalue weighted by Crippen LogP contribution is -2.53. The lowest BCUT2D eigenvalue weighted by Gasteiger charge is -2.47. The van der Waals surface area contributed by atoms with Crippen molar-refractivity contribution in [3.05, 3.63) is 82.1 Å². The molecule has 3 aromatic rings. The van der Waals surface area contributed by atoms with Gasteiger partial charge in [0.05, 0.1) is 12.0 Å². The molecule has 2 fully saturated rings. The van der Waals surface area contributed by atoms with E-state index in [1.165, 1.54) is 28.8 Å². The first kappa shape index (κ1) is 34.7. The predicted molar refractivity (Wildman–Crippen MR) is 195 cm³/mol. The number of fused-ring (bicyclic) bond motifs is 3. The third kappa shape index (κ3) is 6.44. The molecule has 1 aromatic heterocycles. The summed E-state index contributed by atoms with van der Waals surface area (Å²) in [6, 6.07) is 15.7. The number of ether oxygens (including phenoxy) is 2. The Hall–Kier alpha value is -3.78. The average Bonchev–Trinajstić information content (AvgIpc) is 3.35. The molecular weight excluding hydrogens is 650 g/mol. The lowest BCUT2D eigenvalue weighted by atomic mass is 9.59. The number of hydrogen-bond donors (Lipinski definition) is 3. The predicted octanol–water partition coefficient (Wildman–Crippen LogP) is 8.23. The molecule has 50 heavy (non-hydrogen) atoms. The van der Waals surface area contributed by atoms with Gasteiger partial charge in [0.15, 0.2) is 0 Å². The van der Waals surface area contributed by atoms with E-state index in [0.29, 0.717) is 42.0 Å². The summed E-state index contributed by atoms with van der Waals surface area (Å²) in [5.74, 6) is 1.64. The summed E-state index contributed by atoms with van der Waals surface area (Å²) in [6.07, 6.45) is 12.0. The van der Waals surface area contributed by atoms with Gasteiger partial charge in [0.25, 0.3) is 0 Å². The standard InChI is InChI=1S/C41H50ClN3O5/c1-26(24-49-35-12-19-44-34-9-3-6-27(2)36(34)35)20-29-21-28-10-11-32(50-25-39(37(43)46)13-5-14-39)23-33(28)40(29)15-17-41(18-16-40,38(47)48)45-31-8-4-7-30(42)22-31/h4,7-8,10-12,19,22-23,26-27,29,45H,3,5-6,9,13-18,20-21,24-25H2,1-2H3,(H2,43,46)(H,47,48)/t26-,27-,29+,40?,41?/m1/s1. The summed E-state index contributed by atoms with van der Waals surface area (Å²) < 4.78 is 12.9. The second-order valence-electron chi connectivity index (χ2n) is 15.8. The number of primary amides is 1. The molecule has 1 heterocycles. The number of halogens is 1. The number of carbonyl (C=O) groups is 2. The van der Waals surface area contributed by atoms with E-state index in [0.717, 1.165) is 69.3 Å². The zero-order valence-electron chi connectivity index (χ0n) is 29.3. The highest BCUT2D eigenvalue weighted by Gasteiger charge is 2.54. The molecule has 3 atom stereocenters. The first-order valence-electron chi connectivity index (χ1n) is 18.5. The van der Waals surface area contributed by atoms with Crippen molar-refractivity contribution < 1.29 is 24.2 Å². The van der Waals surface area contributed by atoms with Crippen molar-refractivity contribution in [3.8, 4) is 11.5 Å². The maximum Gasteiger partial charge on any atom is 0.329 e. The van der Waals surface area contributed by atoms with Gasteiger partial charge in [-0.2, -0.15) is 0 Å². The van der Waals surface area contributed by atoms with Gasteiger partial charge in [-0.25, -0.2) is 4.79 Å². The average molecular weight is 700 g/mol. The van der Waals surface area contributed by atoms with Crippen molar-refractivity contribution in [2.75, 3.05) is 18.5 Å². The molecular formula is C41H50ClN3O5. The Morgan fingerprint density at radius 1 is 1.06 bits per heavy atom. The maximum atomic E-state index is 13.0. The molecule has 9 heteroatoms. The van der Waals surface area contributed by atoms with Gasteiger partial charge in [-0.15, -0.1) is 0 Å². The number of pyridine rings is 1. The number of carbonyl (C=O) groups excluding carboxylic acids is 1. The fraction of sp³-hybridized carbons (Fsp3) is 0.537. The fourth-order valence-corrected chi connectivity index (χ4v) is 9.64. The molecule has 4 aliphatic carbocycles. The monoisotopic (exact) mass is 699 g/mol. The third-order valence-corrected chi connectivity index (χ3v) is 12.8. The molecule has 4 N–H and O–H groups in total. The zero-order chi connectivity index (χ0) is 35.1. The van der Waals surface area contributed by atoms with Crippen LogP contribution in [0, 0.1) is 17.3 Å². The van der Waals surface area contributed by atoms with Gasteiger partial charge in [0.1, 0.15) is 23.6 Å². The molecule has 266 valence electrons. The molecule has 4 aliphatic rings. The number of aryl methyl sites for hydroxylation is 1. The largest absolute Gasteiger partial charge is 0.493 e. The van der Waals surface area contributed by atoms with Crippen LogP contribution in [0.15, 0.2) is 54.7 Å². The van der Waals surface area contributed by atoms with Crippen LogP contribution in [0.1, 0.15) is 106 Å². The van der Waals surface area contributed by atoms with Gasteiger partial charge in [0, 0.05) is 28.2 Å². The van der Waals surface area contributed by atoms with E-state index in [-0.39, 0.29) is 23.8 Å². The van der Waals surface area contributed by atoms with Crippen LogP contribution < -0.4 is 20.5 Å². The number of carboxylic acid groups (broad SMARTS) is 1. The molecule has 1 amide bonds. The van der Waals surface area contributed by atoms with Crippen molar-refractivity contribution in [2.24, 2.45) is 23.0 Å². The summed E-state index contributed by atoms with van der Waals surface area (Å²) in [5.41, 5.74) is 9.61. The number of rotatable bonds is 12. The molecule has 2 aromatic carbocycles. The highest BCUT2D eigenvalue weighted by atomic mass is 35.5. The molecule has 0 bridgehead atoms. The summed E-state index contributed by atoms with van der Waals surface area (Å²) >= 11 is 6.28. The maximum absolute atomic E-state index is 13.0. The van der Waals surface area contributed by atoms with Gasteiger partial charge in [-0.3, -0.25) is 9.78 Å². The first-order valence-corrected chi connectivity index (χ1v) is 18.8. The van der Waals surface area contributed by atoms with E-state index in [4.69, 9.17) is 26.8 Å². The first-order chi connectivity index (χ1) is 24.0. The number of hydrogen-bond acceptors (Lipinski definition) is 6. The van der Waals surface area contributed by atoms with E-state index in [2.05, 4.69) is 36.3 Å². The highest BCUT2D eigenvalue weighted by Crippen LogP contribution is 2.57. The van der Waals surface area contributed by atoms with E-state index in [1.807, 2.05) is 30.5 Å². The number of aromatic nitrogens is 1. The van der Waals surface area contributed by atoms with Crippen LogP contribution in [0.5, 0.6) is 11.5 Å². The minimum absolute atomic E-state index is 0.208. The number of anilines is 1. The minimum atomic E-state index is -1.10. The van der Waals surface area contributed by atoms with Gasteiger partial charge in [0.2, 0.25) is 5.91 Å². The Balaban J connectivity index is 1.13. The Morgan fingerprint density at radius 2 is 1.86 bits per heavy atom. The number of benzene rings is 2. The minimum Gasteiger partial charge on any atom is -0.493 e. The Kier molecular flexibility index (Phi) is 9.52. The smallest absolute Gasteiger partial charge is 0.329 e. The lowest BCUT2D eigenvalue weighted by molar-refractivity contribution is -0.144. The van der Waals surface area contributed by atoms with Crippen LogP contribution in [0.3, 0.4) is 0 Å². The second kappa shape index (κ2) is 13.7. The molecule has 2 saturated carbocycles. The van der Waals surface area contributed by atoms with Gasteiger partial charge < -0.3 is 25.6 Å². The van der Waals surface area contributed by atoms with E-state index in [1.54, 1.807) is 12.1 Å². The van der Waals surface area contributed by atoms with Crippen LogP contribution in [0.4, 0.5) is 5.69 Å². The summed E-state index contributed by atoms with van der Waals surface area (Å²) in [6.45, 7) is 5.45. The number of nitrogens with zero attached hydrogens (tertiary/aromatic N) is 1. The number of amides is 1.